The average molecular weight is 308 g/mol. The molecule has 22 heavy (non-hydrogen) atoms. The molecule has 0 radical (unpaired) electrons. The summed E-state index contributed by atoms with van der Waals surface area (Å²) in [6.07, 6.45) is 0.142. The van der Waals surface area contributed by atoms with Crippen LogP contribution in [-0.4, -0.2) is 47.4 Å². The van der Waals surface area contributed by atoms with Crippen molar-refractivity contribution in [1.29, 1.82) is 0 Å². The zero-order chi connectivity index (χ0) is 16.7. The second-order valence-electron chi connectivity index (χ2n) is 4.49. The summed E-state index contributed by atoms with van der Waals surface area (Å²) in [7, 11) is 0. The topological polar surface area (TPSA) is 113 Å². The molecule has 0 bridgehead atoms. The highest BCUT2D eigenvalue weighted by atomic mass is 16.6. The van der Waals surface area contributed by atoms with Gasteiger partial charge in [0.15, 0.2) is 0 Å². The molecule has 1 aromatic carbocycles. The summed E-state index contributed by atoms with van der Waals surface area (Å²) in [4.78, 5) is 31.6. The van der Waals surface area contributed by atoms with Crippen molar-refractivity contribution in [2.45, 2.75) is 13.0 Å². The van der Waals surface area contributed by atoms with Gasteiger partial charge in [-0.25, -0.2) is 14.4 Å². The number of carbonyl (C=O) groups is 3. The summed E-state index contributed by atoms with van der Waals surface area (Å²) in [5.74, 6) is -2.79. The molecule has 1 aliphatic rings. The molecule has 2 rings (SSSR count). The lowest BCUT2D eigenvalue weighted by Crippen LogP contribution is -2.09. The molecule has 7 nitrogen and oxygen atoms in total. The first-order valence-electron chi connectivity index (χ1n) is 6.32. The van der Waals surface area contributed by atoms with E-state index >= 15 is 0 Å². The Morgan fingerprint density at radius 3 is 2.00 bits per heavy atom. The van der Waals surface area contributed by atoms with E-state index in [-0.39, 0.29) is 23.2 Å². The van der Waals surface area contributed by atoms with Gasteiger partial charge in [0.25, 0.3) is 0 Å². The fourth-order valence-electron chi connectivity index (χ4n) is 1.31. The second kappa shape index (κ2) is 7.94. The number of epoxide rings is 1. The Bertz CT molecular complexity index is 554. The van der Waals surface area contributed by atoms with Gasteiger partial charge >= 0.3 is 17.9 Å². The summed E-state index contributed by atoms with van der Waals surface area (Å²) in [5.41, 5.74) is 0.0515. The molecule has 0 aromatic heterocycles. The van der Waals surface area contributed by atoms with Crippen LogP contribution in [-0.2, 0) is 14.3 Å². The van der Waals surface area contributed by atoms with E-state index in [4.69, 9.17) is 19.7 Å². The van der Waals surface area contributed by atoms with Crippen molar-refractivity contribution < 1.29 is 34.1 Å². The van der Waals surface area contributed by atoms with Crippen molar-refractivity contribution in [2.24, 2.45) is 0 Å². The lowest BCUT2D eigenvalue weighted by Gasteiger charge is -1.99. The third-order valence-electron chi connectivity index (χ3n) is 2.54. The second-order valence-corrected chi connectivity index (χ2v) is 4.49. The Balaban J connectivity index is 0.000000224. The maximum absolute atomic E-state index is 10.7. The molecule has 1 fully saturated rings. The molecule has 0 spiro atoms. The van der Waals surface area contributed by atoms with Gasteiger partial charge in [0.2, 0.25) is 0 Å². The summed E-state index contributed by atoms with van der Waals surface area (Å²) in [6, 6.07) is 5.48. The molecule has 1 aromatic rings. The van der Waals surface area contributed by atoms with Crippen LogP contribution in [0.15, 0.2) is 36.4 Å². The number of hydrogen-bond acceptors (Lipinski definition) is 5. The van der Waals surface area contributed by atoms with E-state index in [0.29, 0.717) is 18.8 Å². The molecule has 0 amide bonds. The van der Waals surface area contributed by atoms with E-state index in [1.54, 1.807) is 6.92 Å². The van der Waals surface area contributed by atoms with Crippen LogP contribution in [0.2, 0.25) is 0 Å². The van der Waals surface area contributed by atoms with Crippen LogP contribution in [0.1, 0.15) is 27.6 Å². The zero-order valence-corrected chi connectivity index (χ0v) is 11.9. The molecule has 1 heterocycles. The smallest absolute Gasteiger partial charge is 0.336 e. The van der Waals surface area contributed by atoms with Gasteiger partial charge in [-0.05, 0) is 19.1 Å². The first kappa shape index (κ1) is 17.4. The molecular formula is C15H16O7. The number of carboxylic acids is 2. The van der Waals surface area contributed by atoms with Gasteiger partial charge in [-0.2, -0.15) is 0 Å². The van der Waals surface area contributed by atoms with Gasteiger partial charge in [0.1, 0.15) is 12.7 Å². The van der Waals surface area contributed by atoms with Crippen LogP contribution in [0.5, 0.6) is 0 Å². The molecule has 1 aliphatic heterocycles. The van der Waals surface area contributed by atoms with Crippen LogP contribution in [0.3, 0.4) is 0 Å². The Morgan fingerprint density at radius 1 is 1.23 bits per heavy atom. The van der Waals surface area contributed by atoms with Gasteiger partial charge < -0.3 is 19.7 Å². The lowest BCUT2D eigenvalue weighted by molar-refractivity contribution is -0.139. The standard InChI is InChI=1S/C8H6O4.C7H10O3/c9-7(10)5-3-1-2-4-6(5)8(11)12;1-5(2)7(8)10-4-6-3-9-6/h1-4H,(H,9,10)(H,11,12);6H,1,3-4H2,2H3. The van der Waals surface area contributed by atoms with Gasteiger partial charge in [-0.1, -0.05) is 18.7 Å². The van der Waals surface area contributed by atoms with E-state index in [9.17, 15) is 14.4 Å². The highest BCUT2D eigenvalue weighted by Crippen LogP contribution is 2.09. The number of aromatic carboxylic acids is 2. The Morgan fingerprint density at radius 2 is 1.68 bits per heavy atom. The highest BCUT2D eigenvalue weighted by molar-refractivity contribution is 6.01. The summed E-state index contributed by atoms with van der Waals surface area (Å²) >= 11 is 0. The van der Waals surface area contributed by atoms with Crippen molar-refractivity contribution in [3.63, 3.8) is 0 Å². The first-order chi connectivity index (χ1) is 10.3. The van der Waals surface area contributed by atoms with E-state index in [0.717, 1.165) is 0 Å². The van der Waals surface area contributed by atoms with Gasteiger partial charge in [0, 0.05) is 5.57 Å². The van der Waals surface area contributed by atoms with Gasteiger partial charge in [-0.15, -0.1) is 0 Å². The predicted octanol–water partition coefficient (Wildman–Crippen LogP) is 1.59. The summed E-state index contributed by atoms with van der Waals surface area (Å²) in [6.45, 7) is 6.14. The van der Waals surface area contributed by atoms with E-state index in [1.807, 2.05) is 0 Å². The SMILES string of the molecule is C=C(C)C(=O)OCC1CO1.O=C(O)c1ccccc1C(=O)O. The van der Waals surface area contributed by atoms with Gasteiger partial charge in [0.05, 0.1) is 17.7 Å². The van der Waals surface area contributed by atoms with E-state index in [2.05, 4.69) is 6.58 Å². The molecule has 2 N–H and O–H groups in total. The van der Waals surface area contributed by atoms with Crippen LogP contribution < -0.4 is 0 Å². The van der Waals surface area contributed by atoms with Crippen LogP contribution in [0.4, 0.5) is 0 Å². The molecule has 1 saturated heterocycles. The summed E-state index contributed by atoms with van der Waals surface area (Å²) < 4.78 is 9.60. The largest absolute Gasteiger partial charge is 0.478 e. The van der Waals surface area contributed by atoms with Crippen LogP contribution in [0, 0.1) is 0 Å². The molecule has 118 valence electrons. The summed E-state index contributed by atoms with van der Waals surface area (Å²) in [5, 5.41) is 17.1. The fourth-order valence-corrected chi connectivity index (χ4v) is 1.31. The quantitative estimate of drug-likeness (QED) is 0.482. The predicted molar refractivity (Wildman–Crippen MR) is 75.9 cm³/mol. The third-order valence-corrected chi connectivity index (χ3v) is 2.54. The number of ether oxygens (including phenoxy) is 2. The molecule has 0 saturated carbocycles. The zero-order valence-electron chi connectivity index (χ0n) is 11.9. The lowest BCUT2D eigenvalue weighted by atomic mass is 10.1. The first-order valence-corrected chi connectivity index (χ1v) is 6.32. The Kier molecular flexibility index (Phi) is 6.27. The number of hydrogen-bond donors (Lipinski definition) is 2. The number of carbonyl (C=O) groups excluding carboxylic acids is 1. The Labute approximate surface area is 126 Å². The highest BCUT2D eigenvalue weighted by Gasteiger charge is 2.24. The van der Waals surface area contributed by atoms with Crippen LogP contribution >= 0.6 is 0 Å². The number of carboxylic acid groups (broad SMARTS) is 2. The molecular weight excluding hydrogens is 292 g/mol. The maximum atomic E-state index is 10.7. The normalized spacial score (nSPS) is 15.0. The molecule has 1 unspecified atom stereocenters. The number of rotatable bonds is 5. The minimum atomic E-state index is -1.23. The average Bonchev–Trinajstić information content (AvgIpc) is 3.29. The van der Waals surface area contributed by atoms with Crippen LogP contribution in [0.25, 0.3) is 0 Å². The number of esters is 1. The minimum Gasteiger partial charge on any atom is -0.478 e. The minimum absolute atomic E-state index is 0.142. The number of benzene rings is 1. The Hall–Kier alpha value is -2.67. The van der Waals surface area contributed by atoms with E-state index in [1.165, 1.54) is 24.3 Å². The monoisotopic (exact) mass is 308 g/mol. The molecule has 7 heteroatoms. The molecule has 0 aliphatic carbocycles. The van der Waals surface area contributed by atoms with Crippen molar-refractivity contribution in [2.75, 3.05) is 13.2 Å². The third kappa shape index (κ3) is 5.76. The maximum Gasteiger partial charge on any atom is 0.336 e. The van der Waals surface area contributed by atoms with Crippen molar-refractivity contribution in [3.05, 3.63) is 47.5 Å². The van der Waals surface area contributed by atoms with Gasteiger partial charge in [-0.3, -0.25) is 0 Å². The van der Waals surface area contributed by atoms with E-state index < -0.39 is 11.9 Å². The van der Waals surface area contributed by atoms with Crippen molar-refractivity contribution >= 4 is 17.9 Å². The molecule has 1 atom stereocenters. The van der Waals surface area contributed by atoms with Crippen molar-refractivity contribution in [3.8, 4) is 0 Å². The van der Waals surface area contributed by atoms with Crippen molar-refractivity contribution in [1.82, 2.24) is 0 Å². The fraction of sp³-hybridized carbons (Fsp3) is 0.267.